The van der Waals surface area contributed by atoms with Crippen molar-refractivity contribution in [1.29, 1.82) is 0 Å². The predicted octanol–water partition coefficient (Wildman–Crippen LogP) is 16.3. The molecule has 18 rings (SSSR count). The monoisotopic (exact) mass is 1720 g/mol. The van der Waals surface area contributed by atoms with Crippen LogP contribution in [0.15, 0.2) is 293 Å². The number of hydrogen-bond acceptors (Lipinski definition) is 26. The Morgan fingerprint density at radius 3 is 1.25 bits per heavy atom. The van der Waals surface area contributed by atoms with Gasteiger partial charge in [0, 0.05) is 102 Å². The summed E-state index contributed by atoms with van der Waals surface area (Å²) in [6.45, 7) is 0. The second kappa shape index (κ2) is 39.9. The van der Waals surface area contributed by atoms with Crippen LogP contribution in [0.2, 0.25) is 0 Å². The summed E-state index contributed by atoms with van der Waals surface area (Å²) in [5.74, 6) is 4.06. The molecule has 0 amide bonds. The van der Waals surface area contributed by atoms with E-state index in [0.717, 1.165) is 51.8 Å². The first-order valence-electron chi connectivity index (χ1n) is 38.3. The van der Waals surface area contributed by atoms with E-state index in [9.17, 15) is 64.8 Å². The summed E-state index contributed by atoms with van der Waals surface area (Å²) in [5, 5.41) is 78.9. The number of Topliss-reactive ketones (excluding diaryl/α,β-unsaturated/α-hetero) is 2. The SMILES string of the molecule is COc1cc(-c2[o+]c3cc(O)cc(O)c3cc2O)ccc1O.COc1cc(OC)c2c(=O)cc(-c3ccccc3)oc2c1.COc1ccc(-c2cc(=O)c3c(OC)c(OC)c(OC)cc3o2)cc1.COc1ccc2c(=O)cc(-c3ccccc3)oc2c1.O=C1CC(c2ccccc2)Oc2cc(O)cc(O)c21.O=C1C[C@@H](c2ccccc2)Oc2cc(O)cc(O)c21.[Cl-]. The van der Waals surface area contributed by atoms with Gasteiger partial charge in [0.2, 0.25) is 11.5 Å². The molecule has 28 heteroatoms. The number of hydrogen-bond donors (Lipinski definition) is 8. The van der Waals surface area contributed by atoms with E-state index in [1.165, 1.54) is 90.1 Å². The molecule has 12 aromatic carbocycles. The highest BCUT2D eigenvalue weighted by Gasteiger charge is 2.33. The molecule has 27 nitrogen and oxygen atoms in total. The number of rotatable bonds is 14. The number of ketones is 2. The zero-order valence-electron chi connectivity index (χ0n) is 68.6. The molecule has 0 fully saturated rings. The maximum atomic E-state index is 12.7. The molecule has 8 N–H and O–H groups in total. The predicted molar refractivity (Wildman–Crippen MR) is 466 cm³/mol. The third-order valence-electron chi connectivity index (χ3n) is 19.8. The molecule has 6 heterocycles. The Bertz CT molecular complexity index is 6710. The Hall–Kier alpha value is -16.3. The lowest BCUT2D eigenvalue weighted by molar-refractivity contribution is -0.0000584. The molecular formula is C98H81ClO27. The Morgan fingerprint density at radius 1 is 0.317 bits per heavy atom. The lowest BCUT2D eigenvalue weighted by Crippen LogP contribution is -3.00. The van der Waals surface area contributed by atoms with Gasteiger partial charge < -0.3 is 114 Å². The maximum Gasteiger partial charge on any atom is 0.402 e. The summed E-state index contributed by atoms with van der Waals surface area (Å²) in [7, 11) is 12.1. The first kappa shape index (κ1) is 89.0. The second-order valence-corrected chi connectivity index (χ2v) is 27.7. The lowest BCUT2D eigenvalue weighted by Gasteiger charge is -2.26. The molecule has 642 valence electrons. The van der Waals surface area contributed by atoms with Crippen LogP contribution in [-0.2, 0) is 0 Å². The van der Waals surface area contributed by atoms with Crippen molar-refractivity contribution in [2.75, 3.05) is 56.9 Å². The molecule has 4 aromatic heterocycles. The van der Waals surface area contributed by atoms with Crippen LogP contribution in [0.5, 0.6) is 103 Å². The third-order valence-corrected chi connectivity index (χ3v) is 19.8. The van der Waals surface area contributed by atoms with Gasteiger partial charge in [-0.1, -0.05) is 121 Å². The van der Waals surface area contributed by atoms with Crippen molar-refractivity contribution in [3.05, 3.63) is 314 Å². The highest BCUT2D eigenvalue weighted by atomic mass is 35.5. The number of fused-ring (bicyclic) bond motifs is 6. The molecule has 0 bridgehead atoms. The van der Waals surface area contributed by atoms with Gasteiger partial charge >= 0.3 is 11.3 Å². The molecule has 0 radical (unpaired) electrons. The van der Waals surface area contributed by atoms with Crippen LogP contribution in [0.1, 0.15) is 56.9 Å². The molecule has 0 spiro atoms. The van der Waals surface area contributed by atoms with E-state index in [4.69, 9.17) is 65.0 Å². The minimum absolute atomic E-state index is 0. The number of aromatic hydroxyl groups is 8. The minimum atomic E-state index is -0.387. The van der Waals surface area contributed by atoms with Gasteiger partial charge in [-0.2, -0.15) is 0 Å². The number of halogens is 1. The van der Waals surface area contributed by atoms with Crippen molar-refractivity contribution in [1.82, 2.24) is 0 Å². The first-order chi connectivity index (χ1) is 60.4. The van der Waals surface area contributed by atoms with Crippen molar-refractivity contribution >= 4 is 55.4 Å². The molecule has 2 aliphatic rings. The van der Waals surface area contributed by atoms with Gasteiger partial charge in [-0.3, -0.25) is 24.0 Å². The molecule has 16 aromatic rings. The molecule has 2 aliphatic heterocycles. The summed E-state index contributed by atoms with van der Waals surface area (Å²) in [6.07, 6.45) is -0.421. The number of carbonyl (C=O) groups excluding carboxylic acids is 2. The number of carbonyl (C=O) groups is 2. The van der Waals surface area contributed by atoms with Crippen LogP contribution < -0.4 is 76.1 Å². The Morgan fingerprint density at radius 2 is 0.754 bits per heavy atom. The number of phenols is 7. The fraction of sp³-hybridized carbons (Fsp3) is 0.122. The standard InChI is InChI=1S/C19H18O6.C17H14O4.C16H12O6.C16H12O3.2C15H12O4.ClH/c1-21-12-7-5-11(6-8-12)14-9-13(20)17-15(25-14)10-16(22-2)18(23-3)19(17)24-4;1-19-12-8-15(20-2)17-13(18)10-14(21-16(17)9-12)11-6-4-3-5-7-11;1-21-15-4-8(2-3-11(15)18)16-13(20)7-10-12(19)5-9(17)6-14(10)22-16;1-18-12-7-8-13-14(17)10-15(19-16(13)9-12)11-5-3-2-4-6-11;2*16-10-6-11(17)15-12(18)8-13(19-14(15)7-10)9-4-2-1-3-5-9;/h5-10H,1-4H3;3-10H,1-2H3;2-7H,1H3,(H3-,17,18,19,20);2-10H,1H3;2*1-7,13,16-17H,8H2;1H/t;;;;13-;;/m....0../s1. The van der Waals surface area contributed by atoms with Gasteiger partial charge in [-0.25, -0.2) is 4.42 Å². The summed E-state index contributed by atoms with van der Waals surface area (Å²) < 4.78 is 76.3. The van der Waals surface area contributed by atoms with Gasteiger partial charge in [-0.05, 0) is 59.7 Å². The fourth-order valence-corrected chi connectivity index (χ4v) is 13.7. The summed E-state index contributed by atoms with van der Waals surface area (Å²) in [4.78, 5) is 61.3. The fourth-order valence-electron chi connectivity index (χ4n) is 13.7. The molecule has 0 saturated heterocycles. The van der Waals surface area contributed by atoms with Crippen LogP contribution in [-0.4, -0.2) is 109 Å². The Labute approximate surface area is 724 Å². The Kier molecular flexibility index (Phi) is 28.2. The first-order valence-corrected chi connectivity index (χ1v) is 38.3. The van der Waals surface area contributed by atoms with Crippen LogP contribution in [0, 0.1) is 0 Å². The molecule has 0 aliphatic carbocycles. The zero-order chi connectivity index (χ0) is 88.7. The van der Waals surface area contributed by atoms with Crippen LogP contribution in [0.4, 0.5) is 0 Å². The second-order valence-electron chi connectivity index (χ2n) is 27.7. The van der Waals surface area contributed by atoms with Crippen molar-refractivity contribution in [2.24, 2.45) is 0 Å². The molecular weight excluding hydrogens is 1640 g/mol. The highest BCUT2D eigenvalue weighted by molar-refractivity contribution is 6.04. The molecule has 1 unspecified atom stereocenters. The van der Waals surface area contributed by atoms with Gasteiger partial charge in [0.25, 0.3) is 0 Å². The van der Waals surface area contributed by atoms with Crippen molar-refractivity contribution in [2.45, 2.75) is 25.0 Å². The van der Waals surface area contributed by atoms with Gasteiger partial charge in [0.1, 0.15) is 143 Å². The van der Waals surface area contributed by atoms with E-state index in [1.54, 1.807) is 75.9 Å². The summed E-state index contributed by atoms with van der Waals surface area (Å²) in [5.41, 5.74) is 6.13. The molecule has 0 saturated carbocycles. The van der Waals surface area contributed by atoms with E-state index in [0.29, 0.717) is 84.5 Å². The van der Waals surface area contributed by atoms with E-state index in [-0.39, 0.29) is 162 Å². The molecule has 2 atom stereocenters. The average molecular weight is 1730 g/mol. The van der Waals surface area contributed by atoms with Gasteiger partial charge in [-0.15, -0.1) is 0 Å². The van der Waals surface area contributed by atoms with E-state index in [1.807, 2.05) is 133 Å². The van der Waals surface area contributed by atoms with Crippen molar-refractivity contribution in [3.63, 3.8) is 0 Å². The number of methoxy groups -OCH3 is 8. The average Bonchev–Trinajstić information content (AvgIpc) is 0.759. The van der Waals surface area contributed by atoms with Crippen LogP contribution in [0.25, 0.3) is 89.2 Å². The van der Waals surface area contributed by atoms with E-state index >= 15 is 0 Å². The normalized spacial score (nSPS) is 12.7. The van der Waals surface area contributed by atoms with Crippen LogP contribution >= 0.6 is 0 Å². The van der Waals surface area contributed by atoms with Crippen LogP contribution in [0.3, 0.4) is 0 Å². The number of benzene rings is 12. The Balaban J connectivity index is 0.000000138. The minimum Gasteiger partial charge on any atom is -1.00 e. The van der Waals surface area contributed by atoms with Crippen molar-refractivity contribution < 1.29 is 128 Å². The van der Waals surface area contributed by atoms with Crippen molar-refractivity contribution in [3.8, 4) is 149 Å². The lowest BCUT2D eigenvalue weighted by atomic mass is 9.95. The zero-order valence-corrected chi connectivity index (χ0v) is 69.4. The number of ether oxygens (including phenoxy) is 10. The third kappa shape index (κ3) is 20.0. The summed E-state index contributed by atoms with van der Waals surface area (Å²) in [6, 6.07) is 72.9. The van der Waals surface area contributed by atoms with Gasteiger partial charge in [0.05, 0.1) is 86.7 Å². The van der Waals surface area contributed by atoms with Gasteiger partial charge in [0.15, 0.2) is 50.9 Å². The largest absolute Gasteiger partial charge is 1.00 e. The smallest absolute Gasteiger partial charge is 0.402 e. The summed E-state index contributed by atoms with van der Waals surface area (Å²) >= 11 is 0. The molecule has 126 heavy (non-hydrogen) atoms. The maximum absolute atomic E-state index is 12.7. The van der Waals surface area contributed by atoms with E-state index in [2.05, 4.69) is 0 Å². The quantitative estimate of drug-likeness (QED) is 0.0469. The number of phenolic OH excluding ortho intramolecular Hbond substituents is 7. The van der Waals surface area contributed by atoms with E-state index < -0.39 is 0 Å². The highest BCUT2D eigenvalue weighted by Crippen LogP contribution is 2.47. The topological polar surface area (TPSA) is 390 Å².